The highest BCUT2D eigenvalue weighted by Gasteiger charge is 2.11. The highest BCUT2D eigenvalue weighted by Crippen LogP contribution is 2.02. The fourth-order valence-electron chi connectivity index (χ4n) is 1.70. The number of nitrogens with zero attached hydrogens (tertiary/aromatic N) is 3. The average Bonchev–Trinajstić information content (AvgIpc) is 2.79. The van der Waals surface area contributed by atoms with Crippen molar-refractivity contribution in [2.24, 2.45) is 0 Å². The Hall–Kier alpha value is -2.83. The molecule has 6 heteroatoms. The van der Waals surface area contributed by atoms with Crippen molar-refractivity contribution in [1.29, 1.82) is 10.5 Å². The van der Waals surface area contributed by atoms with Crippen molar-refractivity contribution < 1.29 is 5.11 Å². The maximum Gasteiger partial charge on any atom is 0.277 e. The zero-order valence-corrected chi connectivity index (χ0v) is 11.3. The van der Waals surface area contributed by atoms with E-state index in [-0.39, 0.29) is 20.5 Å². The van der Waals surface area contributed by atoms with Crippen LogP contribution in [0, 0.1) is 22.7 Å². The van der Waals surface area contributed by atoms with E-state index < -0.39 is 5.56 Å². The Bertz CT molecular complexity index is 889. The van der Waals surface area contributed by atoms with Gasteiger partial charge in [-0.15, -0.1) is 11.3 Å². The molecule has 98 valence electrons. The Labute approximate surface area is 118 Å². The van der Waals surface area contributed by atoms with Crippen molar-refractivity contribution in [3.8, 4) is 17.8 Å². The number of aliphatic hydroxyl groups excluding tert-OH is 1. The van der Waals surface area contributed by atoms with Crippen molar-refractivity contribution >= 4 is 22.7 Å². The molecule has 1 heterocycles. The summed E-state index contributed by atoms with van der Waals surface area (Å²) in [4.78, 5) is 12.3. The van der Waals surface area contributed by atoms with Gasteiger partial charge in [0.1, 0.15) is 27.1 Å². The molecule has 20 heavy (non-hydrogen) atoms. The third-order valence-electron chi connectivity index (χ3n) is 2.58. The third kappa shape index (κ3) is 2.20. The van der Waals surface area contributed by atoms with Gasteiger partial charge in [-0.1, -0.05) is 18.2 Å². The lowest BCUT2D eigenvalue weighted by Gasteiger charge is -2.00. The Morgan fingerprint density at radius 3 is 2.35 bits per heavy atom. The van der Waals surface area contributed by atoms with Gasteiger partial charge in [0, 0.05) is 0 Å². The first-order valence-electron chi connectivity index (χ1n) is 5.61. The van der Waals surface area contributed by atoms with Crippen LogP contribution in [0.25, 0.3) is 17.0 Å². The fraction of sp³-hybridized carbons (Fsp3) is 0.0714. The molecule has 0 aliphatic rings. The second kappa shape index (κ2) is 5.43. The standard InChI is InChI=1S/C14H9N3O2S/c1-9(18)12-13(19)17(11-5-3-2-4-6-11)14(20-12)10(7-15)8-16/h2-6,18H,1H3/b12-9+. The van der Waals surface area contributed by atoms with Crippen LogP contribution in [-0.4, -0.2) is 9.67 Å². The minimum atomic E-state index is -0.445. The molecule has 5 nitrogen and oxygen atoms in total. The summed E-state index contributed by atoms with van der Waals surface area (Å²) in [7, 11) is 0. The largest absolute Gasteiger partial charge is 0.511 e. The first kappa shape index (κ1) is 13.6. The zero-order chi connectivity index (χ0) is 14.7. The van der Waals surface area contributed by atoms with Gasteiger partial charge in [0.05, 0.1) is 5.69 Å². The summed E-state index contributed by atoms with van der Waals surface area (Å²) >= 11 is 0.928. The topological polar surface area (TPSA) is 89.8 Å². The van der Waals surface area contributed by atoms with Crippen molar-refractivity contribution in [1.82, 2.24) is 4.57 Å². The summed E-state index contributed by atoms with van der Waals surface area (Å²) in [5.74, 6) is -0.133. The van der Waals surface area contributed by atoms with E-state index in [4.69, 9.17) is 10.5 Å². The molecule has 0 spiro atoms. The monoisotopic (exact) mass is 283 g/mol. The number of thiazole rings is 1. The molecule has 1 aromatic carbocycles. The minimum Gasteiger partial charge on any atom is -0.511 e. The van der Waals surface area contributed by atoms with Gasteiger partial charge in [0.2, 0.25) is 0 Å². The molecule has 1 N–H and O–H groups in total. The lowest BCUT2D eigenvalue weighted by atomic mass is 10.3. The predicted molar refractivity (Wildman–Crippen MR) is 75.5 cm³/mol. The number of hydrogen-bond donors (Lipinski definition) is 1. The van der Waals surface area contributed by atoms with E-state index in [2.05, 4.69) is 0 Å². The second-order valence-corrected chi connectivity index (χ2v) is 4.90. The normalized spacial score (nSPS) is 11.3. The van der Waals surface area contributed by atoms with Gasteiger partial charge in [-0.2, -0.15) is 10.5 Å². The van der Waals surface area contributed by atoms with Crippen LogP contribution in [0.1, 0.15) is 6.92 Å². The van der Waals surface area contributed by atoms with E-state index in [1.54, 1.807) is 42.5 Å². The third-order valence-corrected chi connectivity index (χ3v) is 3.83. The van der Waals surface area contributed by atoms with Gasteiger partial charge in [-0.05, 0) is 19.1 Å². The highest BCUT2D eigenvalue weighted by atomic mass is 32.1. The van der Waals surface area contributed by atoms with Gasteiger partial charge in [-0.3, -0.25) is 9.36 Å². The number of benzene rings is 1. The lowest BCUT2D eigenvalue weighted by molar-refractivity contribution is 0.499. The van der Waals surface area contributed by atoms with E-state index >= 15 is 0 Å². The Morgan fingerprint density at radius 1 is 1.25 bits per heavy atom. The maximum absolute atomic E-state index is 12.3. The van der Waals surface area contributed by atoms with Crippen LogP contribution < -0.4 is 14.8 Å². The van der Waals surface area contributed by atoms with Crippen LogP contribution in [0.3, 0.4) is 0 Å². The van der Waals surface area contributed by atoms with Crippen LogP contribution in [0.4, 0.5) is 0 Å². The Balaban J connectivity index is 3.08. The summed E-state index contributed by atoms with van der Waals surface area (Å²) in [6.07, 6.45) is 0. The smallest absolute Gasteiger partial charge is 0.277 e. The average molecular weight is 283 g/mol. The van der Waals surface area contributed by atoms with E-state index in [1.807, 2.05) is 0 Å². The molecule has 0 fully saturated rings. The SMILES string of the molecule is C/C(O)=c1\sc(=C(C#N)C#N)n(-c2ccccc2)c1=O. The van der Waals surface area contributed by atoms with Crippen molar-refractivity contribution in [2.75, 3.05) is 0 Å². The van der Waals surface area contributed by atoms with Crippen LogP contribution in [-0.2, 0) is 0 Å². The number of para-hydroxylation sites is 1. The van der Waals surface area contributed by atoms with E-state index in [0.29, 0.717) is 5.69 Å². The molecule has 0 aliphatic carbocycles. The summed E-state index contributed by atoms with van der Waals surface area (Å²) in [6, 6.07) is 12.2. The molecule has 0 saturated carbocycles. The maximum atomic E-state index is 12.3. The second-order valence-electron chi connectivity index (χ2n) is 3.90. The molecule has 0 unspecified atom stereocenters. The van der Waals surface area contributed by atoms with Gasteiger partial charge in [-0.25, -0.2) is 0 Å². The number of rotatable bonds is 1. The number of nitriles is 2. The lowest BCUT2D eigenvalue weighted by Crippen LogP contribution is -2.31. The molecule has 0 atom stereocenters. The molecule has 1 aromatic heterocycles. The molecule has 0 radical (unpaired) electrons. The van der Waals surface area contributed by atoms with Gasteiger partial charge < -0.3 is 5.11 Å². The Kier molecular flexibility index (Phi) is 3.69. The van der Waals surface area contributed by atoms with Crippen LogP contribution >= 0.6 is 11.3 Å². The van der Waals surface area contributed by atoms with Crippen molar-refractivity contribution in [3.63, 3.8) is 0 Å². The van der Waals surface area contributed by atoms with Gasteiger partial charge in [0.25, 0.3) is 5.56 Å². The summed E-state index contributed by atoms with van der Waals surface area (Å²) < 4.78 is 1.60. The number of hydrogen-bond acceptors (Lipinski definition) is 5. The summed E-state index contributed by atoms with van der Waals surface area (Å²) in [6.45, 7) is 1.39. The molecular weight excluding hydrogens is 274 g/mol. The highest BCUT2D eigenvalue weighted by molar-refractivity contribution is 7.07. The van der Waals surface area contributed by atoms with Crippen molar-refractivity contribution in [2.45, 2.75) is 6.92 Å². The number of aliphatic hydroxyl groups is 1. The molecule has 0 amide bonds. The summed E-state index contributed by atoms with van der Waals surface area (Å²) in [5, 5.41) is 27.6. The van der Waals surface area contributed by atoms with E-state index in [9.17, 15) is 9.90 Å². The molecule has 0 saturated heterocycles. The minimum absolute atomic E-state index is 0.117. The first-order valence-corrected chi connectivity index (χ1v) is 6.43. The van der Waals surface area contributed by atoms with Crippen LogP contribution in [0.2, 0.25) is 0 Å². The quantitative estimate of drug-likeness (QED) is 0.837. The zero-order valence-electron chi connectivity index (χ0n) is 10.5. The number of aromatic nitrogens is 1. The van der Waals surface area contributed by atoms with Gasteiger partial charge >= 0.3 is 0 Å². The first-order chi connectivity index (χ1) is 9.60. The molecule has 2 rings (SSSR count). The molecular formula is C14H9N3O2S. The fourth-order valence-corrected chi connectivity index (χ4v) is 2.70. The van der Waals surface area contributed by atoms with E-state index in [1.165, 1.54) is 11.5 Å². The van der Waals surface area contributed by atoms with Crippen molar-refractivity contribution in [3.05, 3.63) is 49.9 Å². The van der Waals surface area contributed by atoms with E-state index in [0.717, 1.165) is 11.3 Å². The summed E-state index contributed by atoms with van der Waals surface area (Å²) in [5.41, 5.74) is -0.0677. The van der Waals surface area contributed by atoms with Crippen LogP contribution in [0.5, 0.6) is 0 Å². The molecule has 2 aromatic rings. The van der Waals surface area contributed by atoms with Crippen LogP contribution in [0.15, 0.2) is 35.1 Å². The predicted octanol–water partition coefficient (Wildman–Crippen LogP) is 0.783. The molecule has 0 bridgehead atoms. The Morgan fingerprint density at radius 2 is 1.85 bits per heavy atom. The molecule has 0 aliphatic heterocycles. The van der Waals surface area contributed by atoms with Gasteiger partial charge in [0.15, 0.2) is 5.57 Å².